The van der Waals surface area contributed by atoms with Crippen molar-refractivity contribution < 1.29 is 23.9 Å². The molecule has 0 radical (unpaired) electrons. The lowest BCUT2D eigenvalue weighted by Gasteiger charge is -2.58. The van der Waals surface area contributed by atoms with E-state index in [0.29, 0.717) is 6.54 Å². The van der Waals surface area contributed by atoms with Gasteiger partial charge in [0.05, 0.1) is 19.6 Å². The van der Waals surface area contributed by atoms with Gasteiger partial charge in [-0.3, -0.25) is 14.4 Å². The van der Waals surface area contributed by atoms with Crippen LogP contribution >= 0.6 is 0 Å². The zero-order valence-electron chi connectivity index (χ0n) is 17.0. The summed E-state index contributed by atoms with van der Waals surface area (Å²) in [6.07, 6.45) is -0.504. The maximum Gasteiger partial charge on any atom is 0.410 e. The Morgan fingerprint density at radius 3 is 2.30 bits per heavy atom. The number of likely N-dealkylation sites (N-methyl/N-ethyl adjacent to an activating group) is 1. The summed E-state index contributed by atoms with van der Waals surface area (Å²) >= 11 is 0. The third-order valence-electron chi connectivity index (χ3n) is 4.73. The highest BCUT2D eigenvalue weighted by atomic mass is 16.6. The molecule has 9 nitrogen and oxygen atoms in total. The first-order chi connectivity index (χ1) is 12.4. The molecule has 1 N–H and O–H groups in total. The minimum absolute atomic E-state index is 0.0623. The van der Waals surface area contributed by atoms with Gasteiger partial charge in [0.15, 0.2) is 5.54 Å². The summed E-state index contributed by atoms with van der Waals surface area (Å²) < 4.78 is 5.42. The van der Waals surface area contributed by atoms with Crippen molar-refractivity contribution >= 4 is 23.8 Å². The van der Waals surface area contributed by atoms with Crippen molar-refractivity contribution in [2.45, 2.75) is 45.8 Å². The van der Waals surface area contributed by atoms with Gasteiger partial charge in [-0.05, 0) is 20.8 Å². The van der Waals surface area contributed by atoms with Crippen LogP contribution in [0.4, 0.5) is 4.79 Å². The van der Waals surface area contributed by atoms with Crippen LogP contribution in [0.5, 0.6) is 0 Å². The van der Waals surface area contributed by atoms with Crippen LogP contribution < -0.4 is 5.32 Å². The number of ether oxygens (including phenoxy) is 1. The van der Waals surface area contributed by atoms with Crippen molar-refractivity contribution in [3.05, 3.63) is 0 Å². The SMILES string of the molecule is CNC(=O)CN1CC2(CN(C(=O)OC(C)(C)C)CCN2C(=O)C(C)C)C1=O. The number of carbonyl (C=O) groups excluding carboxylic acids is 4. The summed E-state index contributed by atoms with van der Waals surface area (Å²) in [7, 11) is 1.50. The molecule has 9 heteroatoms. The fourth-order valence-corrected chi connectivity index (χ4v) is 3.39. The highest BCUT2D eigenvalue weighted by Crippen LogP contribution is 2.34. The molecule has 27 heavy (non-hydrogen) atoms. The molecule has 0 bridgehead atoms. The van der Waals surface area contributed by atoms with Crippen LogP contribution in [0.3, 0.4) is 0 Å². The largest absolute Gasteiger partial charge is 0.444 e. The molecule has 1 unspecified atom stereocenters. The molecule has 2 rings (SSSR count). The summed E-state index contributed by atoms with van der Waals surface area (Å²) in [5, 5.41) is 2.48. The van der Waals surface area contributed by atoms with E-state index in [1.54, 1.807) is 39.5 Å². The van der Waals surface area contributed by atoms with Gasteiger partial charge in [-0.1, -0.05) is 13.8 Å². The normalized spacial score (nSPS) is 22.8. The average molecular weight is 382 g/mol. The number of piperazine rings is 1. The number of nitrogens with one attached hydrogen (secondary N) is 1. The molecule has 2 fully saturated rings. The van der Waals surface area contributed by atoms with E-state index < -0.39 is 17.2 Å². The van der Waals surface area contributed by atoms with Gasteiger partial charge in [0.25, 0.3) is 5.91 Å². The van der Waals surface area contributed by atoms with Crippen molar-refractivity contribution in [3.8, 4) is 0 Å². The van der Waals surface area contributed by atoms with Crippen molar-refractivity contribution in [3.63, 3.8) is 0 Å². The second-order valence-electron chi connectivity index (χ2n) is 8.41. The monoisotopic (exact) mass is 382 g/mol. The van der Waals surface area contributed by atoms with Gasteiger partial charge in [0, 0.05) is 26.1 Å². The van der Waals surface area contributed by atoms with E-state index in [0.717, 1.165) is 0 Å². The Hall–Kier alpha value is -2.32. The Labute approximate surface area is 160 Å². The molecule has 2 aliphatic heterocycles. The van der Waals surface area contributed by atoms with Crippen LogP contribution in [0, 0.1) is 5.92 Å². The minimum Gasteiger partial charge on any atom is -0.444 e. The first-order valence-electron chi connectivity index (χ1n) is 9.20. The second kappa shape index (κ2) is 7.36. The maximum absolute atomic E-state index is 13.0. The number of hydrogen-bond donors (Lipinski definition) is 1. The maximum atomic E-state index is 13.0. The van der Waals surface area contributed by atoms with E-state index in [9.17, 15) is 19.2 Å². The highest BCUT2D eigenvalue weighted by Gasteiger charge is 2.61. The Bertz CT molecular complexity index is 642. The van der Waals surface area contributed by atoms with Crippen LogP contribution in [0.25, 0.3) is 0 Å². The lowest BCUT2D eigenvalue weighted by molar-refractivity contribution is -0.180. The van der Waals surface area contributed by atoms with Crippen LogP contribution in [-0.4, -0.2) is 89.4 Å². The first kappa shape index (κ1) is 21.0. The second-order valence-corrected chi connectivity index (χ2v) is 8.41. The molecule has 2 heterocycles. The number of likely N-dealkylation sites (tertiary alicyclic amines) is 1. The molecule has 1 spiro atoms. The highest BCUT2D eigenvalue weighted by molar-refractivity contribution is 6.00. The van der Waals surface area contributed by atoms with Crippen LogP contribution in [0.1, 0.15) is 34.6 Å². The van der Waals surface area contributed by atoms with E-state index >= 15 is 0 Å². The van der Waals surface area contributed by atoms with Crippen molar-refractivity contribution in [1.82, 2.24) is 20.0 Å². The Morgan fingerprint density at radius 1 is 1.19 bits per heavy atom. The molecule has 0 aromatic carbocycles. The number of nitrogens with zero attached hydrogens (tertiary/aromatic N) is 3. The summed E-state index contributed by atoms with van der Waals surface area (Å²) in [5.41, 5.74) is -1.77. The van der Waals surface area contributed by atoms with E-state index in [1.165, 1.54) is 16.8 Å². The van der Waals surface area contributed by atoms with E-state index in [4.69, 9.17) is 4.74 Å². The predicted molar refractivity (Wildman–Crippen MR) is 97.7 cm³/mol. The molecule has 0 aromatic heterocycles. The fourth-order valence-electron chi connectivity index (χ4n) is 3.39. The Morgan fingerprint density at radius 2 is 1.81 bits per heavy atom. The smallest absolute Gasteiger partial charge is 0.410 e. The standard InChI is InChI=1S/C18H30N4O5/c1-12(2)14(24)22-8-7-20(16(26)27-17(3,4)5)10-18(22)11-21(15(18)25)9-13(23)19-6/h12H,7-11H2,1-6H3,(H,19,23). The number of carbonyl (C=O) groups is 4. The van der Waals surface area contributed by atoms with Crippen molar-refractivity contribution in [2.75, 3.05) is 39.8 Å². The molecule has 0 saturated carbocycles. The third-order valence-corrected chi connectivity index (χ3v) is 4.73. The number of rotatable bonds is 3. The van der Waals surface area contributed by atoms with Crippen molar-refractivity contribution in [2.24, 2.45) is 5.92 Å². The predicted octanol–water partition coefficient (Wildman–Crippen LogP) is 0.0487. The Kier molecular flexibility index (Phi) is 5.72. The zero-order valence-corrected chi connectivity index (χ0v) is 17.0. The lowest BCUT2D eigenvalue weighted by atomic mass is 9.83. The third kappa shape index (κ3) is 4.17. The van der Waals surface area contributed by atoms with Gasteiger partial charge < -0.3 is 24.8 Å². The number of β-lactam (4-membered cyclic amide) rings is 1. The van der Waals surface area contributed by atoms with Gasteiger partial charge in [0.1, 0.15) is 5.60 Å². The molecule has 152 valence electrons. The quantitative estimate of drug-likeness (QED) is 0.696. The first-order valence-corrected chi connectivity index (χ1v) is 9.20. The van der Waals surface area contributed by atoms with E-state index in [-0.39, 0.29) is 49.8 Å². The molecule has 0 aromatic rings. The average Bonchev–Trinajstić information content (AvgIpc) is 2.58. The molecule has 4 amide bonds. The van der Waals surface area contributed by atoms with Gasteiger partial charge in [0.2, 0.25) is 11.8 Å². The van der Waals surface area contributed by atoms with Gasteiger partial charge >= 0.3 is 6.09 Å². The number of hydrogen-bond acceptors (Lipinski definition) is 5. The summed E-state index contributed by atoms with van der Waals surface area (Å²) in [4.78, 5) is 54.2. The Balaban J connectivity index is 2.22. The zero-order chi connectivity index (χ0) is 20.6. The van der Waals surface area contributed by atoms with Gasteiger partial charge in [-0.15, -0.1) is 0 Å². The van der Waals surface area contributed by atoms with Gasteiger partial charge in [-0.25, -0.2) is 4.79 Å². The minimum atomic E-state index is -1.12. The fraction of sp³-hybridized carbons (Fsp3) is 0.778. The summed E-state index contributed by atoms with van der Waals surface area (Å²) in [6.45, 7) is 9.68. The van der Waals surface area contributed by atoms with Crippen LogP contribution in [-0.2, 0) is 19.1 Å². The number of amides is 4. The molecule has 0 aliphatic carbocycles. The van der Waals surface area contributed by atoms with E-state index in [1.807, 2.05) is 0 Å². The molecule has 1 atom stereocenters. The topological polar surface area (TPSA) is 99.3 Å². The van der Waals surface area contributed by atoms with Crippen LogP contribution in [0.15, 0.2) is 0 Å². The van der Waals surface area contributed by atoms with E-state index in [2.05, 4.69) is 5.32 Å². The molecule has 2 saturated heterocycles. The lowest BCUT2D eigenvalue weighted by Crippen LogP contribution is -2.81. The van der Waals surface area contributed by atoms with Gasteiger partial charge in [-0.2, -0.15) is 0 Å². The molecule has 2 aliphatic rings. The van der Waals surface area contributed by atoms with Crippen LogP contribution in [0.2, 0.25) is 0 Å². The molecular weight excluding hydrogens is 352 g/mol. The summed E-state index contributed by atoms with van der Waals surface area (Å²) in [5.74, 6) is -0.990. The summed E-state index contributed by atoms with van der Waals surface area (Å²) in [6, 6.07) is 0. The molecular formula is C18H30N4O5. The van der Waals surface area contributed by atoms with Crippen molar-refractivity contribution in [1.29, 1.82) is 0 Å².